The fraction of sp³-hybridized carbons (Fsp3) is 0.321. The fourth-order valence-electron chi connectivity index (χ4n) is 4.56. The van der Waals surface area contributed by atoms with Crippen LogP contribution in [-0.2, 0) is 10.6 Å². The SMILES string of the molecule is CC(C)(C)[Si](OCCC(CC#N)c1ccc(C(F)(F)F)cc1)(c1ccccc1)c1ccccc1. The molecule has 0 bridgehead atoms. The maximum atomic E-state index is 13.0. The van der Waals surface area contributed by atoms with Crippen molar-refractivity contribution in [1.29, 1.82) is 5.26 Å². The molecule has 0 N–H and O–H groups in total. The van der Waals surface area contributed by atoms with Gasteiger partial charge in [0, 0.05) is 13.0 Å². The molecule has 0 amide bonds. The molecule has 0 aliphatic heterocycles. The van der Waals surface area contributed by atoms with E-state index in [9.17, 15) is 18.4 Å². The van der Waals surface area contributed by atoms with Crippen LogP contribution in [0.5, 0.6) is 0 Å². The van der Waals surface area contributed by atoms with Gasteiger partial charge in [0.15, 0.2) is 0 Å². The van der Waals surface area contributed by atoms with Gasteiger partial charge in [-0.3, -0.25) is 0 Å². The molecule has 3 aromatic carbocycles. The average Bonchev–Trinajstić information content (AvgIpc) is 2.81. The summed E-state index contributed by atoms with van der Waals surface area (Å²) in [6.45, 7) is 6.99. The summed E-state index contributed by atoms with van der Waals surface area (Å²) >= 11 is 0. The van der Waals surface area contributed by atoms with Crippen molar-refractivity contribution in [2.75, 3.05) is 6.61 Å². The summed E-state index contributed by atoms with van der Waals surface area (Å²) in [6, 6.07) is 27.9. The van der Waals surface area contributed by atoms with Gasteiger partial charge in [-0.25, -0.2) is 0 Å². The van der Waals surface area contributed by atoms with Crippen molar-refractivity contribution in [2.24, 2.45) is 0 Å². The Morgan fingerprint density at radius 1 is 0.824 bits per heavy atom. The van der Waals surface area contributed by atoms with E-state index in [4.69, 9.17) is 4.43 Å². The minimum atomic E-state index is -4.38. The third kappa shape index (κ3) is 5.60. The Labute approximate surface area is 201 Å². The van der Waals surface area contributed by atoms with Gasteiger partial charge in [0.05, 0.1) is 11.6 Å². The smallest absolute Gasteiger partial charge is 0.407 e. The predicted octanol–water partition coefficient (Wildman–Crippen LogP) is 6.67. The molecule has 0 fully saturated rings. The number of nitrogens with zero attached hydrogens (tertiary/aromatic N) is 1. The van der Waals surface area contributed by atoms with Gasteiger partial charge in [0.1, 0.15) is 0 Å². The van der Waals surface area contributed by atoms with Crippen LogP contribution in [0.15, 0.2) is 84.9 Å². The maximum absolute atomic E-state index is 13.0. The molecule has 1 atom stereocenters. The number of rotatable bonds is 8. The van der Waals surface area contributed by atoms with Crippen molar-refractivity contribution in [3.63, 3.8) is 0 Å². The molecule has 2 nitrogen and oxygen atoms in total. The molecule has 0 aliphatic carbocycles. The molecule has 0 radical (unpaired) electrons. The lowest BCUT2D eigenvalue weighted by Crippen LogP contribution is -2.66. The lowest BCUT2D eigenvalue weighted by atomic mass is 9.92. The Kier molecular flexibility index (Phi) is 8.01. The molecule has 34 heavy (non-hydrogen) atoms. The number of hydrogen-bond donors (Lipinski definition) is 0. The lowest BCUT2D eigenvalue weighted by molar-refractivity contribution is -0.137. The van der Waals surface area contributed by atoms with Crippen molar-refractivity contribution in [3.8, 4) is 6.07 Å². The number of hydrogen-bond acceptors (Lipinski definition) is 2. The molecule has 1 unspecified atom stereocenters. The molecule has 0 saturated carbocycles. The zero-order valence-corrected chi connectivity index (χ0v) is 20.8. The largest absolute Gasteiger partial charge is 0.416 e. The minimum Gasteiger partial charge on any atom is -0.407 e. The topological polar surface area (TPSA) is 33.0 Å². The molecule has 3 aromatic rings. The second kappa shape index (κ2) is 10.6. The standard InChI is InChI=1S/C28H30F3NOSi/c1-27(2,3)34(25-10-6-4-7-11-25,26-12-8-5-9-13-26)33-21-19-23(18-20-32)22-14-16-24(17-15-22)28(29,30)31/h4-17,23H,18-19,21H2,1-3H3. The Morgan fingerprint density at radius 2 is 1.32 bits per heavy atom. The van der Waals surface area contributed by atoms with Gasteiger partial charge in [-0.1, -0.05) is 93.6 Å². The van der Waals surface area contributed by atoms with E-state index in [-0.39, 0.29) is 17.4 Å². The van der Waals surface area contributed by atoms with Gasteiger partial charge >= 0.3 is 6.18 Å². The van der Waals surface area contributed by atoms with E-state index in [1.807, 2.05) is 36.4 Å². The van der Waals surface area contributed by atoms with E-state index in [0.29, 0.717) is 13.0 Å². The van der Waals surface area contributed by atoms with Crippen molar-refractivity contribution in [2.45, 2.75) is 50.7 Å². The number of benzene rings is 3. The predicted molar refractivity (Wildman–Crippen MR) is 133 cm³/mol. The zero-order chi connectivity index (χ0) is 24.8. The van der Waals surface area contributed by atoms with Crippen LogP contribution in [0.1, 0.15) is 50.7 Å². The first-order valence-corrected chi connectivity index (χ1v) is 13.3. The van der Waals surface area contributed by atoms with Crippen molar-refractivity contribution in [1.82, 2.24) is 0 Å². The quantitative estimate of drug-likeness (QED) is 0.337. The van der Waals surface area contributed by atoms with Gasteiger partial charge in [-0.05, 0) is 45.4 Å². The van der Waals surface area contributed by atoms with Crippen LogP contribution < -0.4 is 10.4 Å². The van der Waals surface area contributed by atoms with Crippen LogP contribution >= 0.6 is 0 Å². The Bertz CT molecular complexity index is 1050. The highest BCUT2D eigenvalue weighted by Gasteiger charge is 2.50. The summed E-state index contributed by atoms with van der Waals surface area (Å²) < 4.78 is 45.8. The summed E-state index contributed by atoms with van der Waals surface area (Å²) in [5.74, 6) is -0.203. The number of alkyl halides is 3. The van der Waals surface area contributed by atoms with E-state index in [1.165, 1.54) is 22.5 Å². The van der Waals surface area contributed by atoms with Gasteiger partial charge in [0.25, 0.3) is 8.32 Å². The van der Waals surface area contributed by atoms with Crippen LogP contribution in [0.4, 0.5) is 13.2 Å². The van der Waals surface area contributed by atoms with Crippen molar-refractivity contribution in [3.05, 3.63) is 96.1 Å². The summed E-state index contributed by atoms with van der Waals surface area (Å²) in [4.78, 5) is 0. The summed E-state index contributed by atoms with van der Waals surface area (Å²) in [5, 5.41) is 11.5. The molecule has 6 heteroatoms. The number of nitriles is 1. The van der Waals surface area contributed by atoms with Gasteiger partial charge in [-0.2, -0.15) is 18.4 Å². The highest BCUT2D eigenvalue weighted by molar-refractivity contribution is 6.99. The molecule has 0 aromatic heterocycles. The third-order valence-corrected chi connectivity index (χ3v) is 11.3. The molecule has 0 spiro atoms. The minimum absolute atomic E-state index is 0.172. The monoisotopic (exact) mass is 481 g/mol. The Morgan fingerprint density at radius 3 is 1.74 bits per heavy atom. The van der Waals surface area contributed by atoms with E-state index in [0.717, 1.165) is 17.7 Å². The molecule has 3 rings (SSSR count). The second-order valence-electron chi connectivity index (χ2n) is 9.48. The van der Waals surface area contributed by atoms with Crippen LogP contribution in [0.25, 0.3) is 0 Å². The van der Waals surface area contributed by atoms with Gasteiger partial charge in [0.2, 0.25) is 0 Å². The first-order valence-electron chi connectivity index (χ1n) is 11.4. The first-order chi connectivity index (χ1) is 16.1. The van der Waals surface area contributed by atoms with Crippen LogP contribution in [0.2, 0.25) is 5.04 Å². The van der Waals surface area contributed by atoms with Crippen molar-refractivity contribution < 1.29 is 17.6 Å². The molecular formula is C28H30F3NOSi. The zero-order valence-electron chi connectivity index (χ0n) is 19.8. The van der Waals surface area contributed by atoms with E-state index in [2.05, 4.69) is 51.1 Å². The van der Waals surface area contributed by atoms with E-state index in [1.54, 1.807) is 0 Å². The van der Waals surface area contributed by atoms with Crippen LogP contribution in [-0.4, -0.2) is 14.9 Å². The molecule has 0 aliphatic rings. The Hall–Kier alpha value is -2.88. The first kappa shape index (κ1) is 25.7. The summed E-state index contributed by atoms with van der Waals surface area (Å²) in [5.41, 5.74) is 0.0381. The normalized spacial score (nSPS) is 13.3. The molecule has 178 valence electrons. The Balaban J connectivity index is 1.91. The van der Waals surface area contributed by atoms with Gasteiger partial charge in [-0.15, -0.1) is 0 Å². The fourth-order valence-corrected chi connectivity index (χ4v) is 9.14. The average molecular weight is 482 g/mol. The van der Waals surface area contributed by atoms with Gasteiger partial charge < -0.3 is 4.43 Å². The van der Waals surface area contributed by atoms with E-state index >= 15 is 0 Å². The summed E-state index contributed by atoms with van der Waals surface area (Å²) in [6.07, 6.45) is -3.62. The van der Waals surface area contributed by atoms with E-state index < -0.39 is 20.1 Å². The number of halogens is 3. The highest BCUT2D eigenvalue weighted by atomic mass is 28.4. The van der Waals surface area contributed by atoms with Crippen LogP contribution in [0, 0.1) is 11.3 Å². The second-order valence-corrected chi connectivity index (χ2v) is 13.8. The third-order valence-electron chi connectivity index (χ3n) is 6.25. The van der Waals surface area contributed by atoms with Crippen molar-refractivity contribution >= 4 is 18.7 Å². The highest BCUT2D eigenvalue weighted by Crippen LogP contribution is 2.37. The van der Waals surface area contributed by atoms with Crippen LogP contribution in [0.3, 0.4) is 0 Å². The lowest BCUT2D eigenvalue weighted by Gasteiger charge is -2.43. The molecule has 0 saturated heterocycles. The molecular weight excluding hydrogens is 451 g/mol. The maximum Gasteiger partial charge on any atom is 0.416 e. The summed E-state index contributed by atoms with van der Waals surface area (Å²) in [7, 11) is -2.71. The molecule has 0 heterocycles.